The number of anilines is 3. The van der Waals surface area contributed by atoms with Gasteiger partial charge in [-0.25, -0.2) is 4.98 Å². The number of aromatic nitrogens is 4. The molecule has 4 N–H and O–H groups in total. The summed E-state index contributed by atoms with van der Waals surface area (Å²) in [6.07, 6.45) is 2.32. The average Bonchev–Trinajstić information content (AvgIpc) is 3.44. The van der Waals surface area contributed by atoms with Gasteiger partial charge in [-0.1, -0.05) is 36.4 Å². The number of aliphatic hydroxyl groups excluding tert-OH is 2. The summed E-state index contributed by atoms with van der Waals surface area (Å²) in [5.74, 6) is 1.07. The Morgan fingerprint density at radius 3 is 2.74 bits per heavy atom. The third-order valence-electron chi connectivity index (χ3n) is 5.67. The van der Waals surface area contributed by atoms with Crippen molar-refractivity contribution in [1.29, 1.82) is 0 Å². The van der Waals surface area contributed by atoms with E-state index in [1.54, 1.807) is 18.0 Å². The molecule has 3 heterocycles. The van der Waals surface area contributed by atoms with Gasteiger partial charge in [0.05, 0.1) is 24.3 Å². The van der Waals surface area contributed by atoms with Gasteiger partial charge in [0.1, 0.15) is 5.82 Å². The van der Waals surface area contributed by atoms with Gasteiger partial charge in [0.25, 0.3) is 5.89 Å². The molecule has 1 aliphatic rings. The molecule has 174 valence electrons. The van der Waals surface area contributed by atoms with Crippen LogP contribution in [0.5, 0.6) is 0 Å². The van der Waals surface area contributed by atoms with Gasteiger partial charge in [0.2, 0.25) is 12.3 Å². The van der Waals surface area contributed by atoms with Crippen LogP contribution in [0.3, 0.4) is 0 Å². The summed E-state index contributed by atoms with van der Waals surface area (Å²) < 4.78 is 5.09. The van der Waals surface area contributed by atoms with Crippen molar-refractivity contribution in [2.24, 2.45) is 0 Å². The molecule has 1 aliphatic heterocycles. The highest BCUT2D eigenvalue weighted by atomic mass is 32.2. The van der Waals surface area contributed by atoms with E-state index in [2.05, 4.69) is 30.8 Å². The lowest BCUT2D eigenvalue weighted by Gasteiger charge is -2.20. The molecule has 2 aromatic carbocycles. The second-order valence-corrected chi connectivity index (χ2v) is 10.2. The topological polar surface area (TPSA) is 129 Å². The number of nitrogens with one attached hydrogen (secondary N) is 2. The largest absolute Gasteiger partial charge is 0.423 e. The highest BCUT2D eigenvalue weighted by molar-refractivity contribution is 8.01. The summed E-state index contributed by atoms with van der Waals surface area (Å²) in [6.45, 7) is 3.91. The Bertz CT molecular complexity index is 1280. The van der Waals surface area contributed by atoms with Crippen molar-refractivity contribution >= 4 is 29.2 Å². The monoisotopic (exact) mass is 476 g/mol. The molecular weight excluding hydrogens is 452 g/mol. The van der Waals surface area contributed by atoms with Gasteiger partial charge in [-0.2, -0.15) is 4.98 Å². The van der Waals surface area contributed by atoms with E-state index in [0.29, 0.717) is 17.3 Å². The molecule has 1 unspecified atom stereocenters. The number of hydrogen-bond donors (Lipinski definition) is 4. The van der Waals surface area contributed by atoms with Gasteiger partial charge in [-0.15, -0.1) is 22.0 Å². The number of rotatable bonds is 7. The first-order chi connectivity index (χ1) is 16.4. The zero-order chi connectivity index (χ0) is 23.7. The number of thioether (sulfide) groups is 1. The van der Waals surface area contributed by atoms with Crippen LogP contribution < -0.4 is 10.6 Å². The number of fused-ring (bicyclic) bond motifs is 1. The maximum atomic E-state index is 10.5. The standard InChI is InChI=1S/C24H24N6O3S/c1-24(2)20(32)16-9-8-15(10-19(16)34-24)27-23-25-11-17(22-30-26-13-33-22)21(29-23)28-18(12-31)14-6-4-3-5-7-14/h3-11,13,18,20,31-32H,12H2,1-2H3,(H2,25,27,28,29)/t18-,20?/m1/s1. The quantitative estimate of drug-likeness (QED) is 0.306. The Labute approximate surface area is 200 Å². The number of benzene rings is 2. The second-order valence-electron chi connectivity index (χ2n) is 8.48. The van der Waals surface area contributed by atoms with Gasteiger partial charge in [0.15, 0.2) is 0 Å². The molecule has 0 radical (unpaired) electrons. The summed E-state index contributed by atoms with van der Waals surface area (Å²) >= 11 is 1.64. The lowest BCUT2D eigenvalue weighted by molar-refractivity contribution is 0.147. The van der Waals surface area contributed by atoms with Gasteiger partial charge in [0, 0.05) is 21.5 Å². The minimum absolute atomic E-state index is 0.139. The van der Waals surface area contributed by atoms with E-state index in [4.69, 9.17) is 4.42 Å². The van der Waals surface area contributed by atoms with Gasteiger partial charge in [-0.05, 0) is 37.1 Å². The minimum Gasteiger partial charge on any atom is -0.423 e. The minimum atomic E-state index is -0.518. The van der Waals surface area contributed by atoms with Crippen LogP contribution in [0.1, 0.15) is 37.1 Å². The zero-order valence-corrected chi connectivity index (χ0v) is 19.5. The van der Waals surface area contributed by atoms with Gasteiger partial charge >= 0.3 is 0 Å². The fraction of sp³-hybridized carbons (Fsp3) is 0.250. The summed E-state index contributed by atoms with van der Waals surface area (Å²) in [4.78, 5) is 10.1. The Balaban J connectivity index is 1.46. The molecule has 0 saturated carbocycles. The second kappa shape index (κ2) is 9.05. The molecule has 9 nitrogen and oxygen atoms in total. The summed E-state index contributed by atoms with van der Waals surface area (Å²) in [5.41, 5.74) is 3.15. The first kappa shape index (κ1) is 22.3. The fourth-order valence-electron chi connectivity index (χ4n) is 3.85. The van der Waals surface area contributed by atoms with Crippen LogP contribution in [0, 0.1) is 0 Å². The third-order valence-corrected chi connectivity index (χ3v) is 6.99. The van der Waals surface area contributed by atoms with Crippen molar-refractivity contribution in [2.45, 2.75) is 35.6 Å². The summed E-state index contributed by atoms with van der Waals surface area (Å²) in [6, 6.07) is 15.0. The van der Waals surface area contributed by atoms with Gasteiger partial charge < -0.3 is 25.3 Å². The maximum Gasteiger partial charge on any atom is 0.252 e. The van der Waals surface area contributed by atoms with Crippen LogP contribution in [-0.4, -0.2) is 41.7 Å². The van der Waals surface area contributed by atoms with E-state index in [9.17, 15) is 10.2 Å². The molecule has 0 aliphatic carbocycles. The van der Waals surface area contributed by atoms with E-state index < -0.39 is 12.1 Å². The van der Waals surface area contributed by atoms with Crippen molar-refractivity contribution in [3.63, 3.8) is 0 Å². The lowest BCUT2D eigenvalue weighted by Crippen LogP contribution is -2.19. The third kappa shape index (κ3) is 4.35. The van der Waals surface area contributed by atoms with Crippen LogP contribution in [0.25, 0.3) is 11.5 Å². The molecule has 5 rings (SSSR count). The maximum absolute atomic E-state index is 10.5. The molecule has 34 heavy (non-hydrogen) atoms. The Hall–Kier alpha value is -3.47. The molecule has 10 heteroatoms. The number of nitrogens with zero attached hydrogens (tertiary/aromatic N) is 4. The molecule has 2 aromatic heterocycles. The Kier molecular flexibility index (Phi) is 5.94. The average molecular weight is 477 g/mol. The van der Waals surface area contributed by atoms with Gasteiger partial charge in [-0.3, -0.25) is 0 Å². The van der Waals surface area contributed by atoms with Crippen molar-refractivity contribution in [1.82, 2.24) is 20.2 Å². The van der Waals surface area contributed by atoms with E-state index >= 15 is 0 Å². The van der Waals surface area contributed by atoms with E-state index in [1.807, 2.05) is 62.4 Å². The SMILES string of the molecule is CC1(C)Sc2cc(Nc3ncc(-c4nnco4)c(N[C@H](CO)c4ccccc4)n3)ccc2C1O. The number of aliphatic hydroxyl groups is 2. The molecule has 0 fully saturated rings. The predicted octanol–water partition coefficient (Wildman–Crippen LogP) is 4.33. The fourth-order valence-corrected chi connectivity index (χ4v) is 5.14. The van der Waals surface area contributed by atoms with Crippen LogP contribution >= 0.6 is 11.8 Å². The number of hydrogen-bond acceptors (Lipinski definition) is 10. The molecular formula is C24H24N6O3S. The van der Waals surface area contributed by atoms with E-state index in [1.165, 1.54) is 6.39 Å². The first-order valence-electron chi connectivity index (χ1n) is 10.8. The van der Waals surface area contributed by atoms with Crippen molar-refractivity contribution in [3.8, 4) is 11.5 Å². The van der Waals surface area contributed by atoms with Crippen LogP contribution in [0.15, 0.2) is 70.4 Å². The molecule has 0 bridgehead atoms. The summed E-state index contributed by atoms with van der Waals surface area (Å²) in [7, 11) is 0. The molecule has 0 saturated heterocycles. The Morgan fingerprint density at radius 1 is 1.18 bits per heavy atom. The molecule has 2 atom stereocenters. The van der Waals surface area contributed by atoms with Crippen molar-refractivity contribution < 1.29 is 14.6 Å². The highest BCUT2D eigenvalue weighted by Gasteiger charge is 2.38. The normalized spacial score (nSPS) is 17.2. The predicted molar refractivity (Wildman–Crippen MR) is 130 cm³/mol. The molecule has 0 amide bonds. The molecule has 0 spiro atoms. The zero-order valence-electron chi connectivity index (χ0n) is 18.6. The Morgan fingerprint density at radius 2 is 2.00 bits per heavy atom. The van der Waals surface area contributed by atoms with E-state index in [0.717, 1.165) is 21.7 Å². The van der Waals surface area contributed by atoms with Crippen LogP contribution in [-0.2, 0) is 0 Å². The highest BCUT2D eigenvalue weighted by Crippen LogP contribution is 2.52. The van der Waals surface area contributed by atoms with Crippen LogP contribution in [0.2, 0.25) is 0 Å². The molecule has 4 aromatic rings. The smallest absolute Gasteiger partial charge is 0.252 e. The van der Waals surface area contributed by atoms with Crippen LogP contribution in [0.4, 0.5) is 17.5 Å². The van der Waals surface area contributed by atoms with Crippen molar-refractivity contribution in [2.75, 3.05) is 17.2 Å². The summed E-state index contributed by atoms with van der Waals surface area (Å²) in [5, 5.41) is 34.8. The first-order valence-corrected chi connectivity index (χ1v) is 11.6. The van der Waals surface area contributed by atoms with Crippen molar-refractivity contribution in [3.05, 3.63) is 72.2 Å². The lowest BCUT2D eigenvalue weighted by atomic mass is 9.99. The van der Waals surface area contributed by atoms with E-state index in [-0.39, 0.29) is 17.2 Å².